The standard InChI is InChI=1S/C24H21FN2O5/c1-13-9-15-16(27-13)3-4-19(22(15)25)32-18-5-8-26-17-11-21(20(30-2)10-14(17)18)31-12-24(6-7-24)23(28)29/h3-5,8-11,27H,6-7,12H2,1-2H3,(H,28,29). The minimum atomic E-state index is -0.859. The van der Waals surface area contributed by atoms with Crippen LogP contribution in [0.25, 0.3) is 21.8 Å². The summed E-state index contributed by atoms with van der Waals surface area (Å²) in [5.74, 6) is 0.00564. The van der Waals surface area contributed by atoms with Crippen LogP contribution < -0.4 is 14.2 Å². The molecule has 7 nitrogen and oxygen atoms in total. The third-order valence-corrected chi connectivity index (χ3v) is 5.86. The van der Waals surface area contributed by atoms with E-state index in [0.717, 1.165) is 5.69 Å². The molecule has 0 amide bonds. The Morgan fingerprint density at radius 1 is 1.12 bits per heavy atom. The molecule has 0 unspecified atom stereocenters. The number of hydrogen-bond acceptors (Lipinski definition) is 5. The minimum absolute atomic E-state index is 0.0572. The Morgan fingerprint density at radius 3 is 2.66 bits per heavy atom. The molecule has 2 N–H and O–H groups in total. The van der Waals surface area contributed by atoms with Crippen molar-refractivity contribution in [3.63, 3.8) is 0 Å². The van der Waals surface area contributed by atoms with E-state index in [1.54, 1.807) is 42.6 Å². The van der Waals surface area contributed by atoms with Crippen LogP contribution in [0.15, 0.2) is 42.6 Å². The van der Waals surface area contributed by atoms with Crippen molar-refractivity contribution in [2.45, 2.75) is 19.8 Å². The van der Waals surface area contributed by atoms with E-state index >= 15 is 4.39 Å². The van der Waals surface area contributed by atoms with Crippen LogP contribution in [-0.2, 0) is 4.79 Å². The number of H-pyrrole nitrogens is 1. The second-order valence-corrected chi connectivity index (χ2v) is 8.10. The topological polar surface area (TPSA) is 93.7 Å². The first kappa shape index (κ1) is 20.1. The molecule has 0 radical (unpaired) electrons. The second kappa shape index (κ2) is 7.40. The van der Waals surface area contributed by atoms with Crippen molar-refractivity contribution in [1.82, 2.24) is 9.97 Å². The number of fused-ring (bicyclic) bond motifs is 2. The molecule has 0 bridgehead atoms. The SMILES string of the molecule is COc1cc2c(Oc3ccc4[nH]c(C)cc4c3F)ccnc2cc1OCC1(C(=O)O)CC1. The lowest BCUT2D eigenvalue weighted by Crippen LogP contribution is -2.23. The maximum atomic E-state index is 15.0. The number of carboxylic acid groups (broad SMARTS) is 1. The Labute approximate surface area is 182 Å². The van der Waals surface area contributed by atoms with Crippen LogP contribution >= 0.6 is 0 Å². The van der Waals surface area contributed by atoms with Gasteiger partial charge < -0.3 is 24.3 Å². The van der Waals surface area contributed by atoms with Gasteiger partial charge in [-0.1, -0.05) is 0 Å². The first-order chi connectivity index (χ1) is 15.4. The normalized spacial score (nSPS) is 14.5. The van der Waals surface area contributed by atoms with Gasteiger partial charge in [0.15, 0.2) is 23.1 Å². The van der Waals surface area contributed by atoms with Crippen LogP contribution in [0.4, 0.5) is 4.39 Å². The van der Waals surface area contributed by atoms with Gasteiger partial charge in [0.1, 0.15) is 17.8 Å². The van der Waals surface area contributed by atoms with Gasteiger partial charge in [-0.3, -0.25) is 9.78 Å². The Balaban J connectivity index is 1.49. The van der Waals surface area contributed by atoms with Crippen LogP contribution in [-0.4, -0.2) is 34.8 Å². The largest absolute Gasteiger partial charge is 0.493 e. The summed E-state index contributed by atoms with van der Waals surface area (Å²) in [6, 6.07) is 10.1. The number of aliphatic carboxylic acids is 1. The van der Waals surface area contributed by atoms with Gasteiger partial charge in [0.2, 0.25) is 0 Å². The first-order valence-corrected chi connectivity index (χ1v) is 10.2. The van der Waals surface area contributed by atoms with E-state index in [1.807, 2.05) is 6.92 Å². The number of carbonyl (C=O) groups is 1. The highest BCUT2D eigenvalue weighted by atomic mass is 19.1. The zero-order chi connectivity index (χ0) is 22.5. The molecule has 0 saturated heterocycles. The molecule has 5 rings (SSSR count). The van der Waals surface area contributed by atoms with Crippen LogP contribution in [0.3, 0.4) is 0 Å². The highest BCUT2D eigenvalue weighted by Crippen LogP contribution is 2.47. The van der Waals surface area contributed by atoms with E-state index < -0.39 is 17.2 Å². The zero-order valence-corrected chi connectivity index (χ0v) is 17.6. The molecule has 2 aromatic carbocycles. The third kappa shape index (κ3) is 3.37. The number of carboxylic acids is 1. The average molecular weight is 436 g/mol. The highest BCUT2D eigenvalue weighted by molar-refractivity contribution is 5.89. The number of rotatable bonds is 7. The van der Waals surface area contributed by atoms with Gasteiger partial charge in [-0.25, -0.2) is 4.39 Å². The van der Waals surface area contributed by atoms with Gasteiger partial charge in [-0.2, -0.15) is 0 Å². The zero-order valence-electron chi connectivity index (χ0n) is 17.6. The van der Waals surface area contributed by atoms with Gasteiger partial charge in [-0.15, -0.1) is 0 Å². The van der Waals surface area contributed by atoms with Crippen molar-refractivity contribution < 1.29 is 28.5 Å². The molecule has 0 aliphatic heterocycles. The van der Waals surface area contributed by atoms with Crippen molar-refractivity contribution in [3.8, 4) is 23.0 Å². The monoisotopic (exact) mass is 436 g/mol. The number of aryl methyl sites for hydroxylation is 1. The van der Waals surface area contributed by atoms with Crippen LogP contribution in [0.5, 0.6) is 23.0 Å². The Hall–Kier alpha value is -3.81. The number of ether oxygens (including phenoxy) is 3. The molecule has 2 heterocycles. The summed E-state index contributed by atoms with van der Waals surface area (Å²) >= 11 is 0. The van der Waals surface area contributed by atoms with Crippen molar-refractivity contribution >= 4 is 27.8 Å². The number of hydrogen-bond donors (Lipinski definition) is 2. The minimum Gasteiger partial charge on any atom is -0.493 e. The predicted octanol–water partition coefficient (Wildman–Crippen LogP) is 5.21. The van der Waals surface area contributed by atoms with E-state index in [2.05, 4.69) is 9.97 Å². The van der Waals surface area contributed by atoms with Gasteiger partial charge in [-0.05, 0) is 50.1 Å². The first-order valence-electron chi connectivity index (χ1n) is 10.2. The average Bonchev–Trinajstić information content (AvgIpc) is 3.48. The number of benzene rings is 2. The van der Waals surface area contributed by atoms with Crippen molar-refractivity contribution in [2.24, 2.45) is 5.41 Å². The lowest BCUT2D eigenvalue weighted by molar-refractivity contribution is -0.144. The molecule has 8 heteroatoms. The smallest absolute Gasteiger partial charge is 0.313 e. The maximum absolute atomic E-state index is 15.0. The van der Waals surface area contributed by atoms with Gasteiger partial charge >= 0.3 is 5.97 Å². The van der Waals surface area contributed by atoms with E-state index in [1.165, 1.54) is 7.11 Å². The van der Waals surface area contributed by atoms with Gasteiger partial charge in [0, 0.05) is 34.2 Å². The Bertz CT molecular complexity index is 1360. The molecule has 164 valence electrons. The number of aromatic amines is 1. The fourth-order valence-electron chi connectivity index (χ4n) is 3.76. The van der Waals surface area contributed by atoms with Crippen molar-refractivity contribution in [3.05, 3.63) is 54.1 Å². The summed E-state index contributed by atoms with van der Waals surface area (Å²) in [6.07, 6.45) is 2.74. The molecule has 1 aliphatic carbocycles. The number of halogens is 1. The van der Waals surface area contributed by atoms with Crippen molar-refractivity contribution in [2.75, 3.05) is 13.7 Å². The number of methoxy groups -OCH3 is 1. The van der Waals surface area contributed by atoms with Crippen LogP contribution in [0, 0.1) is 18.2 Å². The summed E-state index contributed by atoms with van der Waals surface area (Å²) in [5, 5.41) is 10.4. The van der Waals surface area contributed by atoms with Crippen LogP contribution in [0.2, 0.25) is 0 Å². The van der Waals surface area contributed by atoms with E-state index in [0.29, 0.717) is 51.9 Å². The number of pyridine rings is 1. The molecular formula is C24H21FN2O5. The maximum Gasteiger partial charge on any atom is 0.313 e. The van der Waals surface area contributed by atoms with Crippen LogP contribution in [0.1, 0.15) is 18.5 Å². The molecule has 1 aliphatic rings. The van der Waals surface area contributed by atoms with Gasteiger partial charge in [0.05, 0.1) is 12.6 Å². The Morgan fingerprint density at radius 2 is 1.94 bits per heavy atom. The molecular weight excluding hydrogens is 415 g/mol. The third-order valence-electron chi connectivity index (χ3n) is 5.86. The molecule has 0 atom stereocenters. The summed E-state index contributed by atoms with van der Waals surface area (Å²) < 4.78 is 32.2. The number of aromatic nitrogens is 2. The molecule has 2 aromatic heterocycles. The molecule has 4 aromatic rings. The summed E-state index contributed by atoms with van der Waals surface area (Å²) in [7, 11) is 1.50. The quantitative estimate of drug-likeness (QED) is 0.413. The lowest BCUT2D eigenvalue weighted by Gasteiger charge is -2.16. The molecule has 1 fully saturated rings. The van der Waals surface area contributed by atoms with Gasteiger partial charge in [0.25, 0.3) is 0 Å². The summed E-state index contributed by atoms with van der Waals surface area (Å²) in [5.41, 5.74) is 1.28. The second-order valence-electron chi connectivity index (χ2n) is 8.10. The van der Waals surface area contributed by atoms with E-state index in [-0.39, 0.29) is 12.4 Å². The fourth-order valence-corrected chi connectivity index (χ4v) is 3.76. The van der Waals surface area contributed by atoms with E-state index in [9.17, 15) is 9.90 Å². The summed E-state index contributed by atoms with van der Waals surface area (Å²) in [4.78, 5) is 18.9. The predicted molar refractivity (Wildman–Crippen MR) is 116 cm³/mol. The number of nitrogens with one attached hydrogen (secondary N) is 1. The number of nitrogens with zero attached hydrogens (tertiary/aromatic N) is 1. The molecule has 32 heavy (non-hydrogen) atoms. The highest BCUT2D eigenvalue weighted by Gasteiger charge is 2.51. The lowest BCUT2D eigenvalue weighted by atomic mass is 10.1. The summed E-state index contributed by atoms with van der Waals surface area (Å²) in [6.45, 7) is 1.92. The molecule has 0 spiro atoms. The molecule has 1 saturated carbocycles. The fraction of sp³-hybridized carbons (Fsp3) is 0.250. The Kier molecular flexibility index (Phi) is 4.65. The van der Waals surface area contributed by atoms with E-state index in [4.69, 9.17) is 14.2 Å². The van der Waals surface area contributed by atoms with Crippen molar-refractivity contribution in [1.29, 1.82) is 0 Å².